The van der Waals surface area contributed by atoms with Crippen LogP contribution in [-0.2, 0) is 0 Å². The molecule has 0 aliphatic heterocycles. The highest BCUT2D eigenvalue weighted by Crippen LogP contribution is 2.36. The third-order valence-electron chi connectivity index (χ3n) is 3.53. The summed E-state index contributed by atoms with van der Waals surface area (Å²) in [7, 11) is 0. The second kappa shape index (κ2) is 5.63. The fourth-order valence-corrected chi connectivity index (χ4v) is 2.15. The van der Waals surface area contributed by atoms with Gasteiger partial charge in [0.05, 0.1) is 6.10 Å². The van der Waals surface area contributed by atoms with Crippen LogP contribution in [0.5, 0.6) is 11.5 Å². The number of rotatable bonds is 3. The summed E-state index contributed by atoms with van der Waals surface area (Å²) in [6, 6.07) is 8.53. The molecular formula is C17H19FO2. The van der Waals surface area contributed by atoms with Gasteiger partial charge in [-0.15, -0.1) is 0 Å². The number of hydrogen-bond donors (Lipinski definition) is 1. The Kier molecular flexibility index (Phi) is 4.09. The van der Waals surface area contributed by atoms with Gasteiger partial charge in [-0.3, -0.25) is 0 Å². The highest BCUT2D eigenvalue weighted by Gasteiger charge is 2.17. The van der Waals surface area contributed by atoms with Crippen LogP contribution in [0.4, 0.5) is 4.39 Å². The summed E-state index contributed by atoms with van der Waals surface area (Å²) in [6.45, 7) is 7.45. The summed E-state index contributed by atoms with van der Waals surface area (Å²) in [5.74, 6) is 0.278. The predicted octanol–water partition coefficient (Wildman–Crippen LogP) is 4.60. The first-order chi connectivity index (χ1) is 9.41. The van der Waals surface area contributed by atoms with E-state index in [1.165, 1.54) is 6.07 Å². The van der Waals surface area contributed by atoms with Crippen LogP contribution in [0, 0.1) is 26.6 Å². The van der Waals surface area contributed by atoms with E-state index < -0.39 is 11.9 Å². The zero-order chi connectivity index (χ0) is 14.9. The molecular weight excluding hydrogens is 255 g/mol. The fourth-order valence-electron chi connectivity index (χ4n) is 2.15. The van der Waals surface area contributed by atoms with Crippen LogP contribution < -0.4 is 4.74 Å². The number of aliphatic hydroxyl groups excluding tert-OH is 1. The van der Waals surface area contributed by atoms with Crippen molar-refractivity contribution in [2.24, 2.45) is 0 Å². The molecule has 1 N–H and O–H groups in total. The first-order valence-electron chi connectivity index (χ1n) is 6.63. The van der Waals surface area contributed by atoms with E-state index in [4.69, 9.17) is 4.74 Å². The highest BCUT2D eigenvalue weighted by atomic mass is 19.1. The summed E-state index contributed by atoms with van der Waals surface area (Å²) < 4.78 is 19.8. The van der Waals surface area contributed by atoms with Gasteiger partial charge in [0.2, 0.25) is 0 Å². The van der Waals surface area contributed by atoms with Gasteiger partial charge < -0.3 is 9.84 Å². The Hall–Kier alpha value is -1.87. The third kappa shape index (κ3) is 2.68. The maximum Gasteiger partial charge on any atom is 0.168 e. The molecule has 0 aliphatic rings. The minimum Gasteiger partial charge on any atom is -0.453 e. The van der Waals surface area contributed by atoms with Crippen LogP contribution in [0.1, 0.15) is 35.3 Å². The molecule has 0 radical (unpaired) electrons. The van der Waals surface area contributed by atoms with Crippen LogP contribution in [-0.4, -0.2) is 5.11 Å². The van der Waals surface area contributed by atoms with Crippen molar-refractivity contribution in [1.82, 2.24) is 0 Å². The lowest BCUT2D eigenvalue weighted by Gasteiger charge is -2.17. The molecule has 2 rings (SSSR count). The van der Waals surface area contributed by atoms with E-state index >= 15 is 0 Å². The van der Waals surface area contributed by atoms with E-state index in [-0.39, 0.29) is 5.75 Å². The molecule has 106 valence electrons. The third-order valence-corrected chi connectivity index (χ3v) is 3.53. The van der Waals surface area contributed by atoms with Gasteiger partial charge in [0.1, 0.15) is 5.75 Å². The normalized spacial score (nSPS) is 12.3. The molecule has 1 atom stereocenters. The topological polar surface area (TPSA) is 29.5 Å². The van der Waals surface area contributed by atoms with E-state index in [0.29, 0.717) is 11.3 Å². The quantitative estimate of drug-likeness (QED) is 0.886. The maximum atomic E-state index is 14.0. The van der Waals surface area contributed by atoms with E-state index in [1.54, 1.807) is 19.1 Å². The van der Waals surface area contributed by atoms with E-state index in [0.717, 1.165) is 16.7 Å². The van der Waals surface area contributed by atoms with E-state index in [1.807, 2.05) is 32.9 Å². The smallest absolute Gasteiger partial charge is 0.168 e. The summed E-state index contributed by atoms with van der Waals surface area (Å²) in [6.07, 6.45) is -0.786. The molecule has 0 aromatic heterocycles. The fraction of sp³-hybridized carbons (Fsp3) is 0.294. The molecule has 0 aliphatic carbocycles. The number of aliphatic hydroxyl groups is 1. The highest BCUT2D eigenvalue weighted by molar-refractivity contribution is 5.48. The summed E-state index contributed by atoms with van der Waals surface area (Å²) in [5.41, 5.74) is 3.45. The summed E-state index contributed by atoms with van der Waals surface area (Å²) >= 11 is 0. The Bertz CT molecular complexity index is 633. The molecule has 0 bridgehead atoms. The first kappa shape index (κ1) is 14.5. The predicted molar refractivity (Wildman–Crippen MR) is 77.8 cm³/mol. The van der Waals surface area contributed by atoms with Crippen molar-refractivity contribution in [1.29, 1.82) is 0 Å². The Balaban J connectivity index is 2.53. The molecule has 3 heteroatoms. The minimum atomic E-state index is -0.786. The zero-order valence-corrected chi connectivity index (χ0v) is 12.2. The average Bonchev–Trinajstić information content (AvgIpc) is 2.40. The van der Waals surface area contributed by atoms with Gasteiger partial charge in [0.25, 0.3) is 0 Å². The van der Waals surface area contributed by atoms with Gasteiger partial charge in [-0.2, -0.15) is 0 Å². The monoisotopic (exact) mass is 274 g/mol. The number of hydrogen-bond acceptors (Lipinski definition) is 2. The summed E-state index contributed by atoms with van der Waals surface area (Å²) in [5, 5.41) is 9.75. The number of ether oxygens (including phenoxy) is 1. The van der Waals surface area contributed by atoms with Crippen molar-refractivity contribution in [3.8, 4) is 11.5 Å². The molecule has 20 heavy (non-hydrogen) atoms. The van der Waals surface area contributed by atoms with Crippen molar-refractivity contribution >= 4 is 0 Å². The molecule has 0 heterocycles. The molecule has 2 aromatic rings. The van der Waals surface area contributed by atoms with Crippen molar-refractivity contribution in [2.45, 2.75) is 33.8 Å². The Morgan fingerprint density at radius 3 is 2.30 bits per heavy atom. The van der Waals surface area contributed by atoms with Crippen LogP contribution in [0.15, 0.2) is 30.3 Å². The molecule has 2 nitrogen and oxygen atoms in total. The first-order valence-corrected chi connectivity index (χ1v) is 6.63. The number of halogens is 1. The Labute approximate surface area is 118 Å². The molecule has 0 saturated heterocycles. The second-order valence-electron chi connectivity index (χ2n) is 5.09. The molecule has 0 unspecified atom stereocenters. The SMILES string of the molecule is Cc1ccc(C)c(Oc2c(F)cccc2[C@H](C)O)c1C. The Morgan fingerprint density at radius 1 is 1.00 bits per heavy atom. The standard InChI is InChI=1S/C17H19FO2/c1-10-8-9-11(2)16(12(10)3)20-17-14(13(4)19)6-5-7-15(17)18/h5-9,13,19H,1-4H3/t13-/m0/s1. The lowest BCUT2D eigenvalue weighted by Crippen LogP contribution is -2.01. The van der Waals surface area contributed by atoms with Crippen molar-refractivity contribution in [2.75, 3.05) is 0 Å². The lowest BCUT2D eigenvalue weighted by molar-refractivity contribution is 0.194. The second-order valence-corrected chi connectivity index (χ2v) is 5.09. The van der Waals surface area contributed by atoms with Gasteiger partial charge in [-0.25, -0.2) is 4.39 Å². The Morgan fingerprint density at radius 2 is 1.65 bits per heavy atom. The van der Waals surface area contributed by atoms with Crippen molar-refractivity contribution in [3.63, 3.8) is 0 Å². The van der Waals surface area contributed by atoms with Crippen LogP contribution in [0.2, 0.25) is 0 Å². The number of aryl methyl sites for hydroxylation is 2. The van der Waals surface area contributed by atoms with Crippen molar-refractivity contribution < 1.29 is 14.2 Å². The zero-order valence-electron chi connectivity index (χ0n) is 12.2. The molecule has 0 fully saturated rings. The van der Waals surface area contributed by atoms with Gasteiger partial charge >= 0.3 is 0 Å². The van der Waals surface area contributed by atoms with Gasteiger partial charge in [0.15, 0.2) is 11.6 Å². The van der Waals surface area contributed by atoms with E-state index in [2.05, 4.69) is 0 Å². The number of para-hydroxylation sites is 1. The molecule has 0 spiro atoms. The largest absolute Gasteiger partial charge is 0.453 e. The molecule has 0 amide bonds. The van der Waals surface area contributed by atoms with E-state index in [9.17, 15) is 9.50 Å². The number of benzene rings is 2. The van der Waals surface area contributed by atoms with Crippen LogP contribution in [0.25, 0.3) is 0 Å². The minimum absolute atomic E-state index is 0.0966. The maximum absolute atomic E-state index is 14.0. The molecule has 0 saturated carbocycles. The van der Waals surface area contributed by atoms with Crippen LogP contribution in [0.3, 0.4) is 0 Å². The average molecular weight is 274 g/mol. The van der Waals surface area contributed by atoms with Gasteiger partial charge in [-0.1, -0.05) is 24.3 Å². The lowest BCUT2D eigenvalue weighted by atomic mass is 10.0. The van der Waals surface area contributed by atoms with Gasteiger partial charge in [-0.05, 0) is 50.5 Å². The van der Waals surface area contributed by atoms with Gasteiger partial charge in [0, 0.05) is 5.56 Å². The van der Waals surface area contributed by atoms with Crippen LogP contribution >= 0.6 is 0 Å². The molecule has 2 aromatic carbocycles. The van der Waals surface area contributed by atoms with Crippen molar-refractivity contribution in [3.05, 3.63) is 58.4 Å². The summed E-state index contributed by atoms with van der Waals surface area (Å²) in [4.78, 5) is 0.